The molecule has 1 saturated heterocycles. The molecule has 22 heavy (non-hydrogen) atoms. The Bertz CT molecular complexity index is 487. The lowest BCUT2D eigenvalue weighted by Gasteiger charge is -2.21. The monoisotopic (exact) mass is 327 g/mol. The van der Waals surface area contributed by atoms with Gasteiger partial charge in [0.25, 0.3) is 5.91 Å². The second-order valence-electron chi connectivity index (χ2n) is 5.02. The summed E-state index contributed by atoms with van der Waals surface area (Å²) < 4.78 is 5.30. The van der Waals surface area contributed by atoms with E-state index in [1.807, 2.05) is 0 Å². The quantitative estimate of drug-likeness (QED) is 0.758. The number of likely N-dealkylation sites (N-methyl/N-ethyl adjacent to an activating group) is 1. The highest BCUT2D eigenvalue weighted by atomic mass is 35.5. The molecule has 0 aromatic heterocycles. The van der Waals surface area contributed by atoms with Gasteiger partial charge >= 0.3 is 0 Å². The number of rotatable bonds is 5. The van der Waals surface area contributed by atoms with Crippen LogP contribution in [0.3, 0.4) is 0 Å². The summed E-state index contributed by atoms with van der Waals surface area (Å²) in [4.78, 5) is 23.1. The van der Waals surface area contributed by atoms with Crippen LogP contribution in [-0.2, 0) is 9.59 Å². The third-order valence-electron chi connectivity index (χ3n) is 3.44. The lowest BCUT2D eigenvalue weighted by atomic mass is 9.99. The molecule has 7 heteroatoms. The number of carbonyl (C=O) groups is 2. The second kappa shape index (κ2) is 9.27. The SMILES string of the molecule is CNC(=O)COc1ccc(NC(=O)C2CCCNC2)cc1.Cl. The van der Waals surface area contributed by atoms with E-state index in [1.54, 1.807) is 31.3 Å². The number of hydrogen-bond acceptors (Lipinski definition) is 4. The van der Waals surface area contributed by atoms with Crippen LogP contribution in [0.5, 0.6) is 5.75 Å². The molecule has 0 bridgehead atoms. The summed E-state index contributed by atoms with van der Waals surface area (Å²) in [5, 5.41) is 8.61. The second-order valence-corrected chi connectivity index (χ2v) is 5.02. The van der Waals surface area contributed by atoms with Crippen LogP contribution in [-0.4, -0.2) is 38.6 Å². The minimum Gasteiger partial charge on any atom is -0.484 e. The highest BCUT2D eigenvalue weighted by Crippen LogP contribution is 2.18. The van der Waals surface area contributed by atoms with Crippen LogP contribution in [0.1, 0.15) is 12.8 Å². The average Bonchev–Trinajstić information content (AvgIpc) is 2.54. The summed E-state index contributed by atoms with van der Waals surface area (Å²) in [5.74, 6) is 0.484. The van der Waals surface area contributed by atoms with E-state index in [2.05, 4.69) is 16.0 Å². The van der Waals surface area contributed by atoms with E-state index >= 15 is 0 Å². The van der Waals surface area contributed by atoms with Crippen molar-refractivity contribution >= 4 is 29.9 Å². The highest BCUT2D eigenvalue weighted by Gasteiger charge is 2.20. The van der Waals surface area contributed by atoms with Gasteiger partial charge in [0, 0.05) is 19.3 Å². The van der Waals surface area contributed by atoms with E-state index in [0.29, 0.717) is 5.75 Å². The maximum Gasteiger partial charge on any atom is 0.257 e. The fourth-order valence-electron chi connectivity index (χ4n) is 2.18. The lowest BCUT2D eigenvalue weighted by Crippen LogP contribution is -2.37. The Labute approximate surface area is 136 Å². The maximum atomic E-state index is 12.1. The molecular formula is C15H22ClN3O3. The molecule has 0 saturated carbocycles. The molecule has 0 spiro atoms. The normalized spacial score (nSPS) is 17.0. The molecule has 0 aliphatic carbocycles. The molecular weight excluding hydrogens is 306 g/mol. The van der Waals surface area contributed by atoms with Gasteiger partial charge in [-0.3, -0.25) is 9.59 Å². The molecule has 0 radical (unpaired) electrons. The first-order valence-electron chi connectivity index (χ1n) is 7.14. The average molecular weight is 328 g/mol. The van der Waals surface area contributed by atoms with Gasteiger partial charge in [0.2, 0.25) is 5.91 Å². The molecule has 1 atom stereocenters. The van der Waals surface area contributed by atoms with Gasteiger partial charge < -0.3 is 20.7 Å². The molecule has 2 amide bonds. The third-order valence-corrected chi connectivity index (χ3v) is 3.44. The predicted molar refractivity (Wildman–Crippen MR) is 87.5 cm³/mol. The number of piperidine rings is 1. The largest absolute Gasteiger partial charge is 0.484 e. The van der Waals surface area contributed by atoms with Crippen LogP contribution in [0.15, 0.2) is 24.3 Å². The van der Waals surface area contributed by atoms with Gasteiger partial charge in [0.1, 0.15) is 5.75 Å². The summed E-state index contributed by atoms with van der Waals surface area (Å²) in [5.41, 5.74) is 0.734. The molecule has 2 rings (SSSR count). The van der Waals surface area contributed by atoms with Crippen LogP contribution >= 0.6 is 12.4 Å². The van der Waals surface area contributed by atoms with E-state index in [1.165, 1.54) is 0 Å². The number of carbonyl (C=O) groups excluding carboxylic acids is 2. The van der Waals surface area contributed by atoms with Crippen molar-refractivity contribution in [3.05, 3.63) is 24.3 Å². The Kier molecular flexibility index (Phi) is 7.70. The fraction of sp³-hybridized carbons (Fsp3) is 0.467. The smallest absolute Gasteiger partial charge is 0.257 e. The molecule has 1 fully saturated rings. The summed E-state index contributed by atoms with van der Waals surface area (Å²) in [6.07, 6.45) is 1.95. The van der Waals surface area contributed by atoms with Crippen molar-refractivity contribution < 1.29 is 14.3 Å². The maximum absolute atomic E-state index is 12.1. The van der Waals surface area contributed by atoms with Crippen molar-refractivity contribution in [2.45, 2.75) is 12.8 Å². The molecule has 6 nitrogen and oxygen atoms in total. The van der Waals surface area contributed by atoms with Gasteiger partial charge in [0.05, 0.1) is 5.92 Å². The van der Waals surface area contributed by atoms with E-state index in [9.17, 15) is 9.59 Å². The Morgan fingerprint density at radius 3 is 2.64 bits per heavy atom. The first-order valence-corrected chi connectivity index (χ1v) is 7.14. The number of benzene rings is 1. The van der Waals surface area contributed by atoms with Crippen molar-refractivity contribution in [2.75, 3.05) is 32.1 Å². The fourth-order valence-corrected chi connectivity index (χ4v) is 2.18. The zero-order chi connectivity index (χ0) is 15.1. The molecule has 3 N–H and O–H groups in total. The number of anilines is 1. The van der Waals surface area contributed by atoms with Gasteiger partial charge in [-0.2, -0.15) is 0 Å². The zero-order valence-electron chi connectivity index (χ0n) is 12.6. The van der Waals surface area contributed by atoms with Crippen molar-refractivity contribution in [3.8, 4) is 5.75 Å². The van der Waals surface area contributed by atoms with Crippen molar-refractivity contribution in [2.24, 2.45) is 5.92 Å². The molecule has 1 unspecified atom stereocenters. The molecule has 1 heterocycles. The van der Waals surface area contributed by atoms with Gasteiger partial charge in [0.15, 0.2) is 6.61 Å². The van der Waals surface area contributed by atoms with Crippen molar-refractivity contribution in [3.63, 3.8) is 0 Å². The molecule has 1 aromatic carbocycles. The first-order chi connectivity index (χ1) is 10.2. The van der Waals surface area contributed by atoms with Gasteiger partial charge in [-0.05, 0) is 43.7 Å². The van der Waals surface area contributed by atoms with E-state index in [4.69, 9.17) is 4.74 Å². The summed E-state index contributed by atoms with van der Waals surface area (Å²) in [6, 6.07) is 7.01. The van der Waals surface area contributed by atoms with Crippen molar-refractivity contribution in [1.82, 2.24) is 10.6 Å². The number of ether oxygens (including phenoxy) is 1. The first kappa shape index (κ1) is 18.3. The number of halogens is 1. The summed E-state index contributed by atoms with van der Waals surface area (Å²) in [7, 11) is 1.56. The summed E-state index contributed by atoms with van der Waals surface area (Å²) in [6.45, 7) is 1.70. The van der Waals surface area contributed by atoms with Crippen LogP contribution in [0.2, 0.25) is 0 Å². The Hall–Kier alpha value is -1.79. The molecule has 1 aliphatic rings. The topological polar surface area (TPSA) is 79.5 Å². The van der Waals surface area contributed by atoms with Gasteiger partial charge in [-0.25, -0.2) is 0 Å². The van der Waals surface area contributed by atoms with Crippen LogP contribution < -0.4 is 20.7 Å². The van der Waals surface area contributed by atoms with E-state index in [-0.39, 0.29) is 36.7 Å². The third kappa shape index (κ3) is 5.54. The number of nitrogens with one attached hydrogen (secondary N) is 3. The minimum atomic E-state index is -0.183. The minimum absolute atomic E-state index is 0. The van der Waals surface area contributed by atoms with Crippen LogP contribution in [0, 0.1) is 5.92 Å². The van der Waals surface area contributed by atoms with Crippen LogP contribution in [0.4, 0.5) is 5.69 Å². The zero-order valence-corrected chi connectivity index (χ0v) is 13.4. The van der Waals surface area contributed by atoms with Crippen molar-refractivity contribution in [1.29, 1.82) is 0 Å². The number of hydrogen-bond donors (Lipinski definition) is 3. The highest BCUT2D eigenvalue weighted by molar-refractivity contribution is 5.92. The standard InChI is InChI=1S/C15H21N3O3.ClH/c1-16-14(19)10-21-13-6-4-12(5-7-13)18-15(20)11-3-2-8-17-9-11;/h4-7,11,17H,2-3,8-10H2,1H3,(H,16,19)(H,18,20);1H. The predicted octanol–water partition coefficient (Wildman–Crippen LogP) is 1.17. The van der Waals surface area contributed by atoms with Crippen LogP contribution in [0.25, 0.3) is 0 Å². The summed E-state index contributed by atoms with van der Waals surface area (Å²) >= 11 is 0. The Morgan fingerprint density at radius 2 is 2.05 bits per heavy atom. The van der Waals surface area contributed by atoms with Gasteiger partial charge in [-0.1, -0.05) is 0 Å². The van der Waals surface area contributed by atoms with E-state index < -0.39 is 0 Å². The van der Waals surface area contributed by atoms with E-state index in [0.717, 1.165) is 31.6 Å². The lowest BCUT2D eigenvalue weighted by molar-refractivity contribution is -0.122. The molecule has 122 valence electrons. The Balaban J connectivity index is 0.00000242. The molecule has 1 aliphatic heterocycles. The Morgan fingerprint density at radius 1 is 1.32 bits per heavy atom. The number of amides is 2. The molecule has 1 aromatic rings. The van der Waals surface area contributed by atoms with Gasteiger partial charge in [-0.15, -0.1) is 12.4 Å².